The molecule has 4 aromatic rings. The van der Waals surface area contributed by atoms with Gasteiger partial charge in [-0.2, -0.15) is 0 Å². The molecular formula is C30H33N7O8. The van der Waals surface area contributed by atoms with Crippen LogP contribution in [0.3, 0.4) is 0 Å². The number of carboxylic acid groups (broad SMARTS) is 2. The second kappa shape index (κ2) is 14.2. The van der Waals surface area contributed by atoms with Crippen LogP contribution in [0.5, 0.6) is 5.88 Å². The molecule has 1 atom stereocenters. The number of hydrogen-bond donors (Lipinski definition) is 4. The first-order valence-electron chi connectivity index (χ1n) is 14.0. The fourth-order valence-electron chi connectivity index (χ4n) is 4.30. The molecule has 0 saturated heterocycles. The van der Waals surface area contributed by atoms with E-state index in [9.17, 15) is 24.3 Å². The van der Waals surface area contributed by atoms with Gasteiger partial charge >= 0.3 is 17.9 Å². The summed E-state index contributed by atoms with van der Waals surface area (Å²) in [6.07, 6.45) is 6.04. The molecule has 4 rings (SSSR count). The lowest BCUT2D eigenvalue weighted by atomic mass is 9.90. The molecule has 0 saturated carbocycles. The maximum absolute atomic E-state index is 12.9. The van der Waals surface area contributed by atoms with Crippen LogP contribution in [0.25, 0.3) is 12.2 Å². The average Bonchev–Trinajstić information content (AvgIpc) is 3.64. The number of carbonyl (C=O) groups is 3. The Morgan fingerprint density at radius 2 is 1.87 bits per heavy atom. The molecule has 0 radical (unpaired) electrons. The molecule has 0 spiro atoms. The number of nitrogens with zero attached hydrogens (tertiary/aromatic N) is 5. The number of carboxylic acids is 2. The van der Waals surface area contributed by atoms with Crippen molar-refractivity contribution in [2.24, 2.45) is 0 Å². The van der Waals surface area contributed by atoms with Crippen LogP contribution in [-0.2, 0) is 31.0 Å². The zero-order chi connectivity index (χ0) is 32.6. The molecule has 0 bridgehead atoms. The second-order valence-electron chi connectivity index (χ2n) is 11.1. The van der Waals surface area contributed by atoms with Crippen molar-refractivity contribution in [2.45, 2.75) is 57.9 Å². The lowest BCUT2D eigenvalue weighted by Crippen LogP contribution is -2.38. The van der Waals surface area contributed by atoms with Crippen LogP contribution in [0.2, 0.25) is 0 Å². The Labute approximate surface area is 256 Å². The van der Waals surface area contributed by atoms with Crippen LogP contribution in [-0.4, -0.2) is 69.8 Å². The van der Waals surface area contributed by atoms with E-state index in [4.69, 9.17) is 14.6 Å². The average molecular weight is 620 g/mol. The Morgan fingerprint density at radius 3 is 2.56 bits per heavy atom. The SMILES string of the molecule is CC(C)(C)c1[nH]cnc1/C=c1\[nH]c(=O)/c(=C/c2ccccc2)nc1OCOC(=O)CCCc1cn([C@@H](CC(=O)O)C(=O)O)nn1. The predicted molar refractivity (Wildman–Crippen MR) is 158 cm³/mol. The van der Waals surface area contributed by atoms with E-state index in [1.807, 2.05) is 51.1 Å². The van der Waals surface area contributed by atoms with Gasteiger partial charge in [0.15, 0.2) is 6.04 Å². The van der Waals surface area contributed by atoms with Gasteiger partial charge in [-0.1, -0.05) is 56.3 Å². The first-order chi connectivity index (χ1) is 21.4. The number of imidazole rings is 1. The summed E-state index contributed by atoms with van der Waals surface area (Å²) in [6, 6.07) is 7.77. The number of aryl methyl sites for hydroxylation is 1. The molecule has 0 unspecified atom stereocenters. The topological polar surface area (TPSA) is 215 Å². The van der Waals surface area contributed by atoms with Crippen LogP contribution in [0.4, 0.5) is 0 Å². The Kier molecular flexibility index (Phi) is 10.2. The fraction of sp³-hybridized carbons (Fsp3) is 0.333. The number of rotatable bonds is 13. The van der Waals surface area contributed by atoms with Crippen molar-refractivity contribution < 1.29 is 34.1 Å². The summed E-state index contributed by atoms with van der Waals surface area (Å²) in [6.45, 7) is 5.56. The number of aromatic amines is 2. The highest BCUT2D eigenvalue weighted by Gasteiger charge is 2.24. The third kappa shape index (κ3) is 8.95. The van der Waals surface area contributed by atoms with Gasteiger partial charge in [0.1, 0.15) is 10.7 Å². The van der Waals surface area contributed by atoms with Gasteiger partial charge in [0, 0.05) is 23.7 Å². The third-order valence-electron chi connectivity index (χ3n) is 6.50. The molecule has 1 aromatic carbocycles. The van der Waals surface area contributed by atoms with Gasteiger partial charge < -0.3 is 29.7 Å². The maximum atomic E-state index is 12.9. The summed E-state index contributed by atoms with van der Waals surface area (Å²) in [5, 5.41) is 26.1. The van der Waals surface area contributed by atoms with Gasteiger partial charge in [-0.15, -0.1) is 5.10 Å². The van der Waals surface area contributed by atoms with Crippen molar-refractivity contribution in [1.29, 1.82) is 0 Å². The number of aliphatic carboxylic acids is 2. The molecule has 3 heterocycles. The minimum Gasteiger partial charge on any atom is -0.481 e. The first kappa shape index (κ1) is 32.3. The van der Waals surface area contributed by atoms with E-state index in [-0.39, 0.29) is 34.8 Å². The van der Waals surface area contributed by atoms with Crippen molar-refractivity contribution in [1.82, 2.24) is 34.9 Å². The quantitative estimate of drug-likeness (QED) is 0.122. The van der Waals surface area contributed by atoms with Crippen LogP contribution in [0.1, 0.15) is 68.7 Å². The lowest BCUT2D eigenvalue weighted by Gasteiger charge is -2.17. The molecule has 0 amide bonds. The van der Waals surface area contributed by atoms with Crippen molar-refractivity contribution in [3.8, 4) is 5.88 Å². The molecular weight excluding hydrogens is 586 g/mol. The monoisotopic (exact) mass is 619 g/mol. The molecule has 15 nitrogen and oxygen atoms in total. The smallest absolute Gasteiger partial charge is 0.329 e. The summed E-state index contributed by atoms with van der Waals surface area (Å²) >= 11 is 0. The van der Waals surface area contributed by atoms with Crippen molar-refractivity contribution in [3.63, 3.8) is 0 Å². The van der Waals surface area contributed by atoms with E-state index in [2.05, 4.69) is 30.2 Å². The van der Waals surface area contributed by atoms with E-state index in [0.717, 1.165) is 15.9 Å². The number of hydrogen-bond acceptors (Lipinski definition) is 10. The van der Waals surface area contributed by atoms with Gasteiger partial charge in [-0.3, -0.25) is 14.4 Å². The minimum atomic E-state index is -1.39. The lowest BCUT2D eigenvalue weighted by molar-refractivity contribution is -0.150. The molecule has 0 aliphatic carbocycles. The summed E-state index contributed by atoms with van der Waals surface area (Å²) in [4.78, 5) is 62.4. The zero-order valence-corrected chi connectivity index (χ0v) is 24.9. The second-order valence-corrected chi connectivity index (χ2v) is 11.1. The Hall–Kier alpha value is -5.60. The number of H-pyrrole nitrogens is 2. The fourth-order valence-corrected chi connectivity index (χ4v) is 4.30. The Bertz CT molecular complexity index is 1840. The molecule has 15 heteroatoms. The van der Waals surface area contributed by atoms with Crippen LogP contribution < -0.4 is 21.0 Å². The van der Waals surface area contributed by atoms with E-state index in [0.29, 0.717) is 17.8 Å². The van der Waals surface area contributed by atoms with Gasteiger partial charge in [-0.05, 0) is 30.6 Å². The van der Waals surface area contributed by atoms with Gasteiger partial charge in [0.25, 0.3) is 5.56 Å². The number of nitrogens with one attached hydrogen (secondary N) is 2. The summed E-state index contributed by atoms with van der Waals surface area (Å²) < 4.78 is 11.9. The van der Waals surface area contributed by atoms with Gasteiger partial charge in [-0.25, -0.2) is 19.4 Å². The standard InChI is InChI=1S/C30H33N7O8/c1-30(2,3)26-20(31-16-32-26)13-22-28(34-21(27(41)33-22)12-18-8-5-4-6-9-18)45-17-44-25(40)11-7-10-19-15-37(36-35-19)23(29(42)43)14-24(38)39/h4-6,8-9,12-13,15-16,23H,7,10-11,14,17H2,1-3H3,(H,31,32)(H,33,41)(H,38,39)(H,42,43)/b21-12-,22-13-/t23-/m0/s1. The van der Waals surface area contributed by atoms with E-state index < -0.39 is 42.7 Å². The summed E-state index contributed by atoms with van der Waals surface area (Å²) in [7, 11) is 0. The molecule has 3 aromatic heterocycles. The summed E-state index contributed by atoms with van der Waals surface area (Å²) in [5.74, 6) is -3.18. The largest absolute Gasteiger partial charge is 0.481 e. The molecule has 0 fully saturated rings. The van der Waals surface area contributed by atoms with Crippen molar-refractivity contribution in [3.05, 3.63) is 86.6 Å². The normalized spacial score (nSPS) is 13.0. The molecule has 45 heavy (non-hydrogen) atoms. The van der Waals surface area contributed by atoms with E-state index >= 15 is 0 Å². The highest BCUT2D eigenvalue weighted by atomic mass is 16.7. The van der Waals surface area contributed by atoms with Crippen LogP contribution >= 0.6 is 0 Å². The number of benzene rings is 1. The highest BCUT2D eigenvalue weighted by molar-refractivity contribution is 5.79. The number of ether oxygens (including phenoxy) is 2. The van der Waals surface area contributed by atoms with E-state index in [1.165, 1.54) is 6.20 Å². The Morgan fingerprint density at radius 1 is 1.11 bits per heavy atom. The molecule has 236 valence electrons. The van der Waals surface area contributed by atoms with Crippen LogP contribution in [0, 0.1) is 0 Å². The van der Waals surface area contributed by atoms with Crippen LogP contribution in [0.15, 0.2) is 47.7 Å². The number of carbonyl (C=O) groups excluding carboxylic acids is 1. The Balaban J connectivity index is 1.45. The molecule has 4 N–H and O–H groups in total. The highest BCUT2D eigenvalue weighted by Crippen LogP contribution is 2.23. The van der Waals surface area contributed by atoms with E-state index in [1.54, 1.807) is 18.5 Å². The molecule has 0 aliphatic heterocycles. The molecule has 0 aliphatic rings. The van der Waals surface area contributed by atoms with Crippen molar-refractivity contribution in [2.75, 3.05) is 6.79 Å². The minimum absolute atomic E-state index is 0.0129. The third-order valence-corrected chi connectivity index (χ3v) is 6.50. The number of aromatic nitrogens is 7. The van der Waals surface area contributed by atoms with Gasteiger partial charge in [0.05, 0.1) is 24.1 Å². The predicted octanol–water partition coefficient (Wildman–Crippen LogP) is 1.04. The summed E-state index contributed by atoms with van der Waals surface area (Å²) in [5.41, 5.74) is 1.85. The number of esters is 1. The maximum Gasteiger partial charge on any atom is 0.329 e. The first-order valence-corrected chi connectivity index (χ1v) is 14.0. The zero-order valence-electron chi connectivity index (χ0n) is 24.9. The van der Waals surface area contributed by atoms with Gasteiger partial charge in [0.2, 0.25) is 12.7 Å². The van der Waals surface area contributed by atoms with Crippen molar-refractivity contribution >= 4 is 30.1 Å².